The summed E-state index contributed by atoms with van der Waals surface area (Å²) in [7, 11) is -12.7. The molecule has 0 spiro atoms. The van der Waals surface area contributed by atoms with Crippen molar-refractivity contribution in [3.63, 3.8) is 0 Å². The maximum atomic E-state index is 11.5. The first-order valence-corrected chi connectivity index (χ1v) is 6.09. The van der Waals surface area contributed by atoms with Gasteiger partial charge in [-0.3, -0.25) is 0 Å². The van der Waals surface area contributed by atoms with E-state index < -0.39 is 35.8 Å². The summed E-state index contributed by atoms with van der Waals surface area (Å²) in [6.07, 6.45) is 0. The summed E-state index contributed by atoms with van der Waals surface area (Å²) in [5.74, 6) is 0. The zero-order chi connectivity index (χ0) is 12.7. The van der Waals surface area contributed by atoms with Gasteiger partial charge in [0.15, 0.2) is 5.08 Å². The zero-order valence-electron chi connectivity index (χ0n) is 6.42. The Balaban J connectivity index is 0. The average Bonchev–Trinajstić information content (AvgIpc) is 1.77. The fourth-order valence-electron chi connectivity index (χ4n) is 0.338. The molecule has 94 valence electrons. The molecule has 0 saturated carbocycles. The number of alkyl halides is 6. The van der Waals surface area contributed by atoms with Gasteiger partial charge in [0.25, 0.3) is 19.7 Å². The fourth-order valence-corrected chi connectivity index (χ4v) is 3.04. The molecule has 0 aromatic rings. The van der Waals surface area contributed by atoms with Gasteiger partial charge in [0.2, 0.25) is 0 Å². The molecule has 13 heteroatoms. The molecule has 0 aliphatic rings. The fraction of sp³-hybridized carbons (Fsp3) is 1.00. The van der Waals surface area contributed by atoms with Gasteiger partial charge in [-0.1, -0.05) is 0 Å². The molecule has 0 heterocycles. The number of hydrogen-bond donors (Lipinski definition) is 0. The topological polar surface area (TPSA) is 68.3 Å². The summed E-state index contributed by atoms with van der Waals surface area (Å²) in [5, 5.41) is -3.03. The van der Waals surface area contributed by atoms with Crippen molar-refractivity contribution >= 4 is 71.1 Å². The van der Waals surface area contributed by atoms with Crippen molar-refractivity contribution in [2.24, 2.45) is 0 Å². The van der Waals surface area contributed by atoms with Crippen LogP contribution in [-0.2, 0) is 19.7 Å². The van der Waals surface area contributed by atoms with Crippen LogP contribution in [0.15, 0.2) is 0 Å². The van der Waals surface area contributed by atoms with Crippen molar-refractivity contribution in [2.75, 3.05) is 5.08 Å². The summed E-state index contributed by atoms with van der Waals surface area (Å²) < 4.78 is 110. The second-order valence-corrected chi connectivity index (χ2v) is 6.57. The van der Waals surface area contributed by atoms with E-state index in [0.29, 0.717) is 0 Å². The Kier molecular flexibility index (Phi) is 6.57. The van der Waals surface area contributed by atoms with Crippen LogP contribution in [0.1, 0.15) is 0 Å². The first kappa shape index (κ1) is 19.5. The van der Waals surface area contributed by atoms with Crippen LogP contribution in [0.4, 0.5) is 26.3 Å². The normalized spacial score (nSPS) is 14.4. The molecule has 0 N–H and O–H groups in total. The third-order valence-corrected chi connectivity index (χ3v) is 4.91. The summed E-state index contributed by atoms with van der Waals surface area (Å²) in [5.41, 5.74) is -12.1. The molecular weight excluding hydrogens is 317 g/mol. The van der Waals surface area contributed by atoms with Gasteiger partial charge >= 0.3 is 62.4 Å². The van der Waals surface area contributed by atoms with Crippen molar-refractivity contribution in [3.8, 4) is 0 Å². The molecular formula is C3H3F6KO4S2. The van der Waals surface area contributed by atoms with Gasteiger partial charge in [-0.05, 0) is 0 Å². The van der Waals surface area contributed by atoms with Crippen LogP contribution in [0.2, 0.25) is 0 Å². The van der Waals surface area contributed by atoms with E-state index >= 15 is 0 Å². The Bertz CT molecular complexity index is 387. The van der Waals surface area contributed by atoms with Crippen molar-refractivity contribution in [1.82, 2.24) is 0 Å². The molecule has 4 nitrogen and oxygen atoms in total. The molecule has 0 saturated heterocycles. The minimum absolute atomic E-state index is 0. The van der Waals surface area contributed by atoms with Gasteiger partial charge in [0.05, 0.1) is 0 Å². The van der Waals surface area contributed by atoms with Gasteiger partial charge in [0.1, 0.15) is 0 Å². The van der Waals surface area contributed by atoms with Crippen LogP contribution < -0.4 is 0 Å². The van der Waals surface area contributed by atoms with Gasteiger partial charge in [-0.15, -0.1) is 0 Å². The Morgan fingerprint density at radius 3 is 1.00 bits per heavy atom. The molecule has 16 heavy (non-hydrogen) atoms. The van der Waals surface area contributed by atoms with Crippen LogP contribution in [0.25, 0.3) is 0 Å². The Hall–Kier alpha value is 1.12. The second-order valence-electron chi connectivity index (χ2n) is 2.24. The quantitative estimate of drug-likeness (QED) is 0.537. The number of halogens is 6. The monoisotopic (exact) mass is 320 g/mol. The van der Waals surface area contributed by atoms with Gasteiger partial charge in [-0.2, -0.15) is 26.3 Å². The van der Waals surface area contributed by atoms with Crippen molar-refractivity contribution in [3.05, 3.63) is 0 Å². The third kappa shape index (κ3) is 4.78. The minimum atomic E-state index is -6.35. The molecule has 0 fully saturated rings. The Morgan fingerprint density at radius 2 is 0.875 bits per heavy atom. The van der Waals surface area contributed by atoms with Crippen LogP contribution in [0, 0.1) is 0 Å². The predicted molar refractivity (Wildman–Crippen MR) is 42.0 cm³/mol. The zero-order valence-corrected chi connectivity index (χ0v) is 8.06. The van der Waals surface area contributed by atoms with Crippen molar-refractivity contribution < 1.29 is 43.2 Å². The molecule has 0 unspecified atom stereocenters. The first-order valence-electron chi connectivity index (χ1n) is 2.79. The molecule has 0 aromatic carbocycles. The molecule has 0 aliphatic heterocycles. The summed E-state index contributed by atoms with van der Waals surface area (Å²) in [4.78, 5) is 0. The van der Waals surface area contributed by atoms with E-state index in [1.807, 2.05) is 0 Å². The molecule has 0 bridgehead atoms. The Labute approximate surface area is 129 Å². The molecule has 0 atom stereocenters. The molecule has 0 amide bonds. The van der Waals surface area contributed by atoms with Crippen molar-refractivity contribution in [2.45, 2.75) is 11.0 Å². The van der Waals surface area contributed by atoms with E-state index in [2.05, 4.69) is 0 Å². The second kappa shape index (κ2) is 5.40. The summed E-state index contributed by atoms with van der Waals surface area (Å²) in [6.45, 7) is 0. The summed E-state index contributed by atoms with van der Waals surface area (Å²) in [6, 6.07) is 0. The van der Waals surface area contributed by atoms with E-state index in [0.717, 1.165) is 0 Å². The molecule has 0 rings (SSSR count). The number of sulfone groups is 2. The van der Waals surface area contributed by atoms with Crippen LogP contribution in [-0.4, -0.2) is 84.3 Å². The number of hydrogen-bond acceptors (Lipinski definition) is 4. The predicted octanol–water partition coefficient (Wildman–Crippen LogP) is 0.165. The SMILES string of the molecule is O=S(=O)(CS(=O)(=O)C(F)(F)F)C(F)(F)F.[KH]. The van der Waals surface area contributed by atoms with E-state index in [1.165, 1.54) is 0 Å². The first-order chi connectivity index (χ1) is 6.21. The molecule has 0 aliphatic carbocycles. The van der Waals surface area contributed by atoms with Gasteiger partial charge < -0.3 is 0 Å². The molecule has 0 aromatic heterocycles. The summed E-state index contributed by atoms with van der Waals surface area (Å²) >= 11 is 0. The van der Waals surface area contributed by atoms with E-state index in [9.17, 15) is 43.2 Å². The van der Waals surface area contributed by atoms with Crippen LogP contribution in [0.3, 0.4) is 0 Å². The van der Waals surface area contributed by atoms with Gasteiger partial charge in [-0.25, -0.2) is 16.8 Å². The third-order valence-electron chi connectivity index (χ3n) is 1.02. The average molecular weight is 320 g/mol. The Morgan fingerprint density at radius 1 is 0.688 bits per heavy atom. The van der Waals surface area contributed by atoms with Crippen molar-refractivity contribution in [1.29, 1.82) is 0 Å². The van der Waals surface area contributed by atoms with Crippen LogP contribution in [0.5, 0.6) is 0 Å². The van der Waals surface area contributed by atoms with Crippen LogP contribution >= 0.6 is 0 Å². The number of rotatable bonds is 2. The maximum absolute atomic E-state index is 11.5. The van der Waals surface area contributed by atoms with E-state index in [-0.39, 0.29) is 51.4 Å². The standard InChI is InChI=1S/C3H2F6O4S2.K.H/c4-2(5,6)14(10,11)1-15(12,13)3(7,8)9;;/h1H2;;. The van der Waals surface area contributed by atoms with E-state index in [1.54, 1.807) is 0 Å². The van der Waals surface area contributed by atoms with Gasteiger partial charge in [0, 0.05) is 0 Å². The van der Waals surface area contributed by atoms with E-state index in [4.69, 9.17) is 0 Å². The molecule has 0 radical (unpaired) electrons.